The third kappa shape index (κ3) is 17.1. The summed E-state index contributed by atoms with van der Waals surface area (Å²) in [4.78, 5) is 22.4. The Morgan fingerprint density at radius 3 is 1.21 bits per heavy atom. The molecule has 0 atom stereocenters. The zero-order chi connectivity index (χ0) is 17.9. The van der Waals surface area contributed by atoms with Gasteiger partial charge in [-0.15, -0.1) is 0 Å². The van der Waals surface area contributed by atoms with Crippen molar-refractivity contribution in [2.45, 2.75) is 0 Å². The molecule has 142 valence electrons. The lowest BCUT2D eigenvalue weighted by atomic mass is 10.5. The van der Waals surface area contributed by atoms with Crippen molar-refractivity contribution in [2.75, 3.05) is 78.7 Å². The van der Waals surface area contributed by atoms with Crippen LogP contribution in [-0.2, 0) is 9.59 Å². The van der Waals surface area contributed by atoms with Gasteiger partial charge < -0.3 is 42.1 Å². The molecule has 0 unspecified atom stereocenters. The summed E-state index contributed by atoms with van der Waals surface area (Å²) in [7, 11) is 0. The minimum atomic E-state index is -0.122. The van der Waals surface area contributed by atoms with E-state index in [9.17, 15) is 9.59 Å². The molecule has 10 nitrogen and oxygen atoms in total. The lowest BCUT2D eigenvalue weighted by Crippen LogP contribution is -2.40. The van der Waals surface area contributed by atoms with Gasteiger partial charge in [-0.3, -0.25) is 9.59 Å². The Balaban J connectivity index is 3.15. The second kappa shape index (κ2) is 18.0. The first-order valence-corrected chi connectivity index (χ1v) is 8.28. The van der Waals surface area contributed by atoms with E-state index in [1.807, 2.05) is 0 Å². The molecule has 0 radical (unpaired) electrons. The Labute approximate surface area is 143 Å². The van der Waals surface area contributed by atoms with Gasteiger partial charge >= 0.3 is 0 Å². The van der Waals surface area contributed by atoms with Crippen LogP contribution < -0.4 is 31.9 Å². The van der Waals surface area contributed by atoms with Crippen molar-refractivity contribution in [2.24, 2.45) is 0 Å². The van der Waals surface area contributed by atoms with Crippen molar-refractivity contribution in [3.05, 3.63) is 0 Å². The fourth-order valence-electron chi connectivity index (χ4n) is 1.70. The van der Waals surface area contributed by atoms with Crippen molar-refractivity contribution in [1.82, 2.24) is 31.9 Å². The van der Waals surface area contributed by atoms with Gasteiger partial charge in [-0.1, -0.05) is 0 Å². The molecular formula is C14H32N6O4. The average Bonchev–Trinajstić information content (AvgIpc) is 2.58. The van der Waals surface area contributed by atoms with Gasteiger partial charge in [0.05, 0.1) is 26.3 Å². The summed E-state index contributed by atoms with van der Waals surface area (Å²) in [6, 6.07) is 0. The number of hydrogen-bond acceptors (Lipinski definition) is 8. The topological polar surface area (TPSA) is 147 Å². The quantitative estimate of drug-likeness (QED) is 0.123. The van der Waals surface area contributed by atoms with E-state index in [0.29, 0.717) is 13.1 Å². The zero-order valence-corrected chi connectivity index (χ0v) is 14.2. The molecule has 0 bridgehead atoms. The van der Waals surface area contributed by atoms with Crippen LogP contribution in [0.15, 0.2) is 0 Å². The molecule has 0 saturated carbocycles. The summed E-state index contributed by atoms with van der Waals surface area (Å²) in [5, 5.41) is 34.7. The second-order valence-electron chi connectivity index (χ2n) is 5.00. The maximum Gasteiger partial charge on any atom is 0.234 e. The third-order valence-electron chi connectivity index (χ3n) is 2.87. The Bertz CT molecular complexity index is 290. The first kappa shape index (κ1) is 22.7. The van der Waals surface area contributed by atoms with Crippen molar-refractivity contribution in [3.63, 3.8) is 0 Å². The highest BCUT2D eigenvalue weighted by Crippen LogP contribution is 1.67. The lowest BCUT2D eigenvalue weighted by molar-refractivity contribution is -0.121. The fourth-order valence-corrected chi connectivity index (χ4v) is 1.70. The third-order valence-corrected chi connectivity index (χ3v) is 2.87. The van der Waals surface area contributed by atoms with E-state index in [0.717, 1.165) is 26.2 Å². The highest BCUT2D eigenvalue weighted by Gasteiger charge is 1.99. The van der Waals surface area contributed by atoms with Gasteiger partial charge in [0.25, 0.3) is 0 Å². The number of amides is 2. The Kier molecular flexibility index (Phi) is 17.1. The van der Waals surface area contributed by atoms with Crippen LogP contribution in [0.4, 0.5) is 0 Å². The monoisotopic (exact) mass is 348 g/mol. The van der Waals surface area contributed by atoms with E-state index < -0.39 is 0 Å². The predicted molar refractivity (Wildman–Crippen MR) is 91.7 cm³/mol. The van der Waals surface area contributed by atoms with E-state index in [2.05, 4.69) is 31.9 Å². The standard InChI is InChI=1S/C14H32N6O4/c21-9-7-19-13(23)11-17-5-3-15-1-2-16-4-6-18-12-14(24)20-8-10-22/h15-18,21-22H,1-12H2,(H,19,23)(H,20,24). The molecule has 0 aromatic rings. The average molecular weight is 348 g/mol. The van der Waals surface area contributed by atoms with Gasteiger partial charge in [-0.2, -0.15) is 0 Å². The smallest absolute Gasteiger partial charge is 0.234 e. The number of nitrogens with one attached hydrogen (secondary N) is 6. The number of carbonyl (C=O) groups is 2. The zero-order valence-electron chi connectivity index (χ0n) is 14.2. The van der Waals surface area contributed by atoms with Gasteiger partial charge in [-0.25, -0.2) is 0 Å². The van der Waals surface area contributed by atoms with Crippen LogP contribution in [0.5, 0.6) is 0 Å². The maximum atomic E-state index is 11.2. The van der Waals surface area contributed by atoms with E-state index in [4.69, 9.17) is 10.2 Å². The van der Waals surface area contributed by atoms with Crippen LogP contribution in [-0.4, -0.2) is 101 Å². The Hall–Kier alpha value is -1.30. The molecule has 0 aliphatic carbocycles. The molecule has 0 heterocycles. The van der Waals surface area contributed by atoms with Crippen molar-refractivity contribution in [3.8, 4) is 0 Å². The predicted octanol–water partition coefficient (Wildman–Crippen LogP) is -4.44. The van der Waals surface area contributed by atoms with E-state index in [1.54, 1.807) is 0 Å². The molecule has 0 fully saturated rings. The number of aliphatic hydroxyl groups is 2. The summed E-state index contributed by atoms with van der Waals surface area (Å²) in [5.41, 5.74) is 0. The molecule has 24 heavy (non-hydrogen) atoms. The van der Waals surface area contributed by atoms with E-state index >= 15 is 0 Å². The Morgan fingerprint density at radius 1 is 0.542 bits per heavy atom. The summed E-state index contributed by atoms with van der Waals surface area (Å²) in [5.74, 6) is -0.244. The second-order valence-corrected chi connectivity index (χ2v) is 5.00. The van der Waals surface area contributed by atoms with Crippen LogP contribution >= 0.6 is 0 Å². The largest absolute Gasteiger partial charge is 0.395 e. The normalized spacial score (nSPS) is 10.6. The lowest BCUT2D eigenvalue weighted by Gasteiger charge is -2.09. The minimum Gasteiger partial charge on any atom is -0.395 e. The van der Waals surface area contributed by atoms with Gasteiger partial charge in [-0.05, 0) is 0 Å². The van der Waals surface area contributed by atoms with Crippen LogP contribution in [0, 0.1) is 0 Å². The molecule has 0 rings (SSSR count). The number of aliphatic hydroxyl groups excluding tert-OH is 2. The van der Waals surface area contributed by atoms with E-state index in [-0.39, 0.29) is 51.2 Å². The first-order chi connectivity index (χ1) is 11.7. The molecule has 0 aliphatic rings. The number of rotatable bonds is 17. The molecule has 10 heteroatoms. The molecule has 0 spiro atoms. The summed E-state index contributed by atoms with van der Waals surface area (Å²) >= 11 is 0. The van der Waals surface area contributed by atoms with Crippen LogP contribution in [0.3, 0.4) is 0 Å². The summed E-state index contributed by atoms with van der Waals surface area (Å²) < 4.78 is 0. The van der Waals surface area contributed by atoms with Crippen molar-refractivity contribution in [1.29, 1.82) is 0 Å². The van der Waals surface area contributed by atoms with Gasteiger partial charge in [0.15, 0.2) is 0 Å². The van der Waals surface area contributed by atoms with Crippen LogP contribution in [0.1, 0.15) is 0 Å². The van der Waals surface area contributed by atoms with Crippen molar-refractivity contribution < 1.29 is 19.8 Å². The SMILES string of the molecule is O=C(CNCCNCCNCCNCC(=O)NCCO)NCCO. The summed E-state index contributed by atoms with van der Waals surface area (Å²) in [6.45, 7) is 5.50. The first-order valence-electron chi connectivity index (χ1n) is 8.28. The minimum absolute atomic E-state index is 0.0489. The molecule has 8 N–H and O–H groups in total. The van der Waals surface area contributed by atoms with Gasteiger partial charge in [0.2, 0.25) is 11.8 Å². The van der Waals surface area contributed by atoms with Crippen molar-refractivity contribution >= 4 is 11.8 Å². The highest BCUT2D eigenvalue weighted by molar-refractivity contribution is 5.78. The molecule has 0 aliphatic heterocycles. The summed E-state index contributed by atoms with van der Waals surface area (Å²) in [6.07, 6.45) is 0. The Morgan fingerprint density at radius 2 is 0.875 bits per heavy atom. The molecular weight excluding hydrogens is 316 g/mol. The highest BCUT2D eigenvalue weighted by atomic mass is 16.3. The van der Waals surface area contributed by atoms with Crippen LogP contribution in [0.25, 0.3) is 0 Å². The fraction of sp³-hybridized carbons (Fsp3) is 0.857. The van der Waals surface area contributed by atoms with Gasteiger partial charge in [0.1, 0.15) is 0 Å². The number of hydrogen-bond donors (Lipinski definition) is 8. The molecule has 0 aromatic heterocycles. The molecule has 0 saturated heterocycles. The van der Waals surface area contributed by atoms with E-state index in [1.165, 1.54) is 0 Å². The maximum absolute atomic E-state index is 11.2. The van der Waals surface area contributed by atoms with Crippen LogP contribution in [0.2, 0.25) is 0 Å². The van der Waals surface area contributed by atoms with Gasteiger partial charge in [0, 0.05) is 52.4 Å². The number of carbonyl (C=O) groups excluding carboxylic acids is 2. The molecule has 2 amide bonds. The molecule has 0 aromatic carbocycles.